The monoisotopic (exact) mass is 295 g/mol. The smallest absolute Gasteiger partial charge is 0.118 e. The van der Waals surface area contributed by atoms with Gasteiger partial charge in [0.25, 0.3) is 0 Å². The number of aryl methyl sites for hydroxylation is 2. The van der Waals surface area contributed by atoms with Crippen LogP contribution < -0.4 is 4.74 Å². The molecule has 0 amide bonds. The summed E-state index contributed by atoms with van der Waals surface area (Å²) in [7, 11) is 1.72. The van der Waals surface area contributed by atoms with E-state index in [9.17, 15) is 0 Å². The Morgan fingerprint density at radius 1 is 1.05 bits per heavy atom. The van der Waals surface area contributed by atoms with Crippen molar-refractivity contribution in [2.24, 2.45) is 0 Å². The van der Waals surface area contributed by atoms with Gasteiger partial charge >= 0.3 is 0 Å². The van der Waals surface area contributed by atoms with E-state index in [1.54, 1.807) is 7.11 Å². The SMILES string of the molecule is COc1ccc([C@@H]2CCCN2Cc2ccc(C)c(C)c2)cc1. The minimum absolute atomic E-state index is 0.535. The average Bonchev–Trinajstić information content (AvgIpc) is 2.99. The molecule has 0 spiro atoms. The Morgan fingerprint density at radius 2 is 1.82 bits per heavy atom. The lowest BCUT2D eigenvalue weighted by molar-refractivity contribution is 0.248. The molecule has 0 N–H and O–H groups in total. The number of rotatable bonds is 4. The van der Waals surface area contributed by atoms with Crippen LogP contribution >= 0.6 is 0 Å². The summed E-state index contributed by atoms with van der Waals surface area (Å²) in [4.78, 5) is 2.60. The summed E-state index contributed by atoms with van der Waals surface area (Å²) < 4.78 is 5.27. The van der Waals surface area contributed by atoms with Gasteiger partial charge in [-0.1, -0.05) is 30.3 Å². The molecule has 0 aliphatic carbocycles. The molecule has 2 heteroatoms. The first kappa shape index (κ1) is 15.1. The predicted molar refractivity (Wildman–Crippen MR) is 91.3 cm³/mol. The minimum Gasteiger partial charge on any atom is -0.497 e. The second kappa shape index (κ2) is 6.53. The van der Waals surface area contributed by atoms with Crippen LogP contribution in [0.5, 0.6) is 5.75 Å². The normalized spacial score (nSPS) is 18.6. The van der Waals surface area contributed by atoms with E-state index in [1.165, 1.54) is 41.6 Å². The highest BCUT2D eigenvalue weighted by atomic mass is 16.5. The zero-order chi connectivity index (χ0) is 15.5. The van der Waals surface area contributed by atoms with E-state index in [0.29, 0.717) is 6.04 Å². The molecule has 0 saturated carbocycles. The maximum Gasteiger partial charge on any atom is 0.118 e. The zero-order valence-electron chi connectivity index (χ0n) is 13.8. The Bertz CT molecular complexity index is 633. The Hall–Kier alpha value is -1.80. The molecule has 1 heterocycles. The van der Waals surface area contributed by atoms with Crippen LogP contribution in [0.2, 0.25) is 0 Å². The highest BCUT2D eigenvalue weighted by Gasteiger charge is 2.25. The van der Waals surface area contributed by atoms with Crippen LogP contribution in [0.4, 0.5) is 0 Å². The molecule has 1 aliphatic heterocycles. The summed E-state index contributed by atoms with van der Waals surface area (Å²) in [5.74, 6) is 0.933. The van der Waals surface area contributed by atoms with Crippen molar-refractivity contribution in [3.05, 3.63) is 64.7 Å². The molecule has 3 rings (SSSR count). The van der Waals surface area contributed by atoms with Crippen molar-refractivity contribution < 1.29 is 4.74 Å². The topological polar surface area (TPSA) is 12.5 Å². The third-order valence-corrected chi connectivity index (χ3v) is 4.82. The van der Waals surface area contributed by atoms with E-state index in [4.69, 9.17) is 4.74 Å². The standard InChI is InChI=1S/C20H25NO/c1-15-6-7-17(13-16(15)2)14-21-12-4-5-20(21)18-8-10-19(22-3)11-9-18/h6-11,13,20H,4-5,12,14H2,1-3H3/t20-/m0/s1. The molecule has 1 fully saturated rings. The molecule has 1 aliphatic rings. The summed E-state index contributed by atoms with van der Waals surface area (Å²) >= 11 is 0. The fourth-order valence-corrected chi connectivity index (χ4v) is 3.36. The van der Waals surface area contributed by atoms with Gasteiger partial charge in [-0.15, -0.1) is 0 Å². The van der Waals surface area contributed by atoms with Crippen LogP contribution in [-0.4, -0.2) is 18.6 Å². The van der Waals surface area contributed by atoms with Gasteiger partial charge in [0, 0.05) is 12.6 Å². The number of benzene rings is 2. The van der Waals surface area contributed by atoms with Crippen molar-refractivity contribution in [3.8, 4) is 5.75 Å². The quantitative estimate of drug-likeness (QED) is 0.814. The van der Waals surface area contributed by atoms with Gasteiger partial charge < -0.3 is 4.74 Å². The Morgan fingerprint density at radius 3 is 2.50 bits per heavy atom. The lowest BCUT2D eigenvalue weighted by atomic mass is 10.0. The summed E-state index contributed by atoms with van der Waals surface area (Å²) in [6.07, 6.45) is 2.53. The molecule has 1 atom stereocenters. The molecule has 2 aromatic carbocycles. The average molecular weight is 295 g/mol. The molecule has 2 aromatic rings. The largest absolute Gasteiger partial charge is 0.497 e. The number of likely N-dealkylation sites (tertiary alicyclic amines) is 1. The first-order valence-corrected chi connectivity index (χ1v) is 8.11. The van der Waals surface area contributed by atoms with E-state index in [2.05, 4.69) is 61.2 Å². The summed E-state index contributed by atoms with van der Waals surface area (Å²) in [5.41, 5.74) is 5.58. The Kier molecular flexibility index (Phi) is 4.49. The van der Waals surface area contributed by atoms with Gasteiger partial charge in [-0.05, 0) is 67.6 Å². The summed E-state index contributed by atoms with van der Waals surface area (Å²) in [6, 6.07) is 15.9. The van der Waals surface area contributed by atoms with Gasteiger partial charge in [-0.3, -0.25) is 4.90 Å². The lowest BCUT2D eigenvalue weighted by Crippen LogP contribution is -2.22. The molecule has 2 nitrogen and oxygen atoms in total. The third-order valence-electron chi connectivity index (χ3n) is 4.82. The van der Waals surface area contributed by atoms with Gasteiger partial charge in [0.2, 0.25) is 0 Å². The van der Waals surface area contributed by atoms with Crippen molar-refractivity contribution in [2.45, 2.75) is 39.3 Å². The first-order valence-electron chi connectivity index (χ1n) is 8.11. The molecular formula is C20H25NO. The highest BCUT2D eigenvalue weighted by Crippen LogP contribution is 2.34. The number of ether oxygens (including phenoxy) is 1. The molecular weight excluding hydrogens is 270 g/mol. The lowest BCUT2D eigenvalue weighted by Gasteiger charge is -2.25. The highest BCUT2D eigenvalue weighted by molar-refractivity contribution is 5.31. The number of nitrogens with zero attached hydrogens (tertiary/aromatic N) is 1. The third kappa shape index (κ3) is 3.17. The van der Waals surface area contributed by atoms with Crippen LogP contribution in [0.3, 0.4) is 0 Å². The molecule has 0 radical (unpaired) electrons. The fourth-order valence-electron chi connectivity index (χ4n) is 3.36. The second-order valence-corrected chi connectivity index (χ2v) is 6.32. The summed E-state index contributed by atoms with van der Waals surface area (Å²) in [6.45, 7) is 6.60. The fraction of sp³-hybridized carbons (Fsp3) is 0.400. The molecule has 0 unspecified atom stereocenters. The number of hydrogen-bond acceptors (Lipinski definition) is 2. The van der Waals surface area contributed by atoms with Crippen molar-refractivity contribution in [3.63, 3.8) is 0 Å². The van der Waals surface area contributed by atoms with Crippen molar-refractivity contribution in [1.82, 2.24) is 4.90 Å². The predicted octanol–water partition coefficient (Wildman–Crippen LogP) is 4.65. The van der Waals surface area contributed by atoms with Crippen LogP contribution in [0.15, 0.2) is 42.5 Å². The maximum absolute atomic E-state index is 5.27. The van der Waals surface area contributed by atoms with Crippen molar-refractivity contribution in [1.29, 1.82) is 0 Å². The zero-order valence-corrected chi connectivity index (χ0v) is 13.8. The van der Waals surface area contributed by atoms with Crippen molar-refractivity contribution >= 4 is 0 Å². The van der Waals surface area contributed by atoms with E-state index in [0.717, 1.165) is 12.3 Å². The van der Waals surface area contributed by atoms with Gasteiger partial charge in [0.05, 0.1) is 7.11 Å². The first-order chi connectivity index (χ1) is 10.7. The van der Waals surface area contributed by atoms with Gasteiger partial charge in [-0.2, -0.15) is 0 Å². The van der Waals surface area contributed by atoms with E-state index in [1.807, 2.05) is 0 Å². The Balaban J connectivity index is 1.75. The molecule has 0 aromatic heterocycles. The molecule has 0 bridgehead atoms. The molecule has 22 heavy (non-hydrogen) atoms. The second-order valence-electron chi connectivity index (χ2n) is 6.32. The maximum atomic E-state index is 5.27. The van der Waals surface area contributed by atoms with Gasteiger partial charge in [0.1, 0.15) is 5.75 Å². The number of hydrogen-bond donors (Lipinski definition) is 0. The summed E-state index contributed by atoms with van der Waals surface area (Å²) in [5, 5.41) is 0. The van der Waals surface area contributed by atoms with Crippen molar-refractivity contribution in [2.75, 3.05) is 13.7 Å². The van der Waals surface area contributed by atoms with Crippen LogP contribution in [0.1, 0.15) is 41.1 Å². The van der Waals surface area contributed by atoms with Crippen LogP contribution in [0.25, 0.3) is 0 Å². The van der Waals surface area contributed by atoms with E-state index in [-0.39, 0.29) is 0 Å². The van der Waals surface area contributed by atoms with E-state index < -0.39 is 0 Å². The molecule has 1 saturated heterocycles. The van der Waals surface area contributed by atoms with Crippen LogP contribution in [0, 0.1) is 13.8 Å². The number of methoxy groups -OCH3 is 1. The van der Waals surface area contributed by atoms with Crippen LogP contribution in [-0.2, 0) is 6.54 Å². The molecule has 116 valence electrons. The minimum atomic E-state index is 0.535. The van der Waals surface area contributed by atoms with E-state index >= 15 is 0 Å². The van der Waals surface area contributed by atoms with Gasteiger partial charge in [-0.25, -0.2) is 0 Å². The van der Waals surface area contributed by atoms with Gasteiger partial charge in [0.15, 0.2) is 0 Å². The Labute approximate surface area is 133 Å².